The van der Waals surface area contributed by atoms with Crippen molar-refractivity contribution >= 4 is 23.4 Å². The van der Waals surface area contributed by atoms with Gasteiger partial charge in [0.25, 0.3) is 0 Å². The number of Topliss-reactive ketones (excluding diaryl/α,β-unsaturated/α-hetero) is 1. The van der Waals surface area contributed by atoms with Crippen LogP contribution in [0.3, 0.4) is 0 Å². The van der Waals surface area contributed by atoms with Gasteiger partial charge < -0.3 is 4.74 Å². The third-order valence-corrected chi connectivity index (χ3v) is 34.2. The number of methoxy groups -OCH3 is 1. The van der Waals surface area contributed by atoms with Gasteiger partial charge in [0, 0.05) is 38.0 Å². The molecule has 0 amide bonds. The van der Waals surface area contributed by atoms with Crippen molar-refractivity contribution in [1.29, 1.82) is 0 Å². The number of carbonyl (C=O) groups is 2. The molecule has 0 heterocycles. The van der Waals surface area contributed by atoms with E-state index in [1.165, 1.54) is 276 Å². The van der Waals surface area contributed by atoms with Crippen molar-refractivity contribution in [2.75, 3.05) is 7.11 Å². The van der Waals surface area contributed by atoms with Crippen LogP contribution in [-0.2, 0) is 14.3 Å². The summed E-state index contributed by atoms with van der Waals surface area (Å²) in [5, 5.41) is 0.492. The molecule has 0 aromatic rings. The van der Waals surface area contributed by atoms with Crippen molar-refractivity contribution in [2.24, 2.45) is 123 Å². The maximum Gasteiger partial charge on any atom is 0.459 e. The highest BCUT2D eigenvalue weighted by Gasteiger charge is 2.70. The Hall–Kier alpha value is -2.40. The normalized spacial score (nSPS) is 29.8. The summed E-state index contributed by atoms with van der Waals surface area (Å²) in [4.78, 5) is 22.0. The number of esters is 1. The summed E-state index contributed by atoms with van der Waals surface area (Å²) in [5.41, 5.74) is 7.99. The highest BCUT2D eigenvalue weighted by atomic mass is 35.5. The van der Waals surface area contributed by atoms with Crippen LogP contribution in [0.25, 0.3) is 0 Å². The zero-order valence-electron chi connectivity index (χ0n) is 94.0. The largest absolute Gasteiger partial charge is 0.469 e. The summed E-state index contributed by atoms with van der Waals surface area (Å²) >= 11 is 5.88. The third kappa shape index (κ3) is 66.6. The fraction of sp³-hybridized carbons (Fsp3) is 0.933. The second kappa shape index (κ2) is 71.3. The molecule has 0 aliphatic heterocycles. The van der Waals surface area contributed by atoms with Crippen molar-refractivity contribution in [2.45, 2.75) is 587 Å². The summed E-state index contributed by atoms with van der Waals surface area (Å²) in [6, 6.07) is 0. The Kier molecular flexibility index (Phi) is 70.1. The first-order valence-corrected chi connectivity index (χ1v) is 57.3. The maximum absolute atomic E-state index is 12.4. The monoisotopic (exact) mass is 2030 g/mol. The average molecular weight is 2030 g/mol. The van der Waals surface area contributed by atoms with E-state index in [1.54, 1.807) is 49.3 Å². The van der Waals surface area contributed by atoms with Gasteiger partial charge in [-0.1, -0.05) is 288 Å². The molecule has 0 bridgehead atoms. The molecule has 139 heavy (non-hydrogen) atoms. The second-order valence-corrected chi connectivity index (χ2v) is 49.9. The Balaban J connectivity index is 0.00000147. The molecule has 14 saturated carbocycles. The molecule has 0 saturated heterocycles. The lowest BCUT2D eigenvalue weighted by Crippen LogP contribution is -2.50. The minimum atomic E-state index is -6.20. The summed E-state index contributed by atoms with van der Waals surface area (Å²) in [6.45, 7) is 55.8. The van der Waals surface area contributed by atoms with E-state index in [0.29, 0.717) is 41.3 Å². The fourth-order valence-electron chi connectivity index (χ4n) is 20.7. The van der Waals surface area contributed by atoms with Gasteiger partial charge in [-0.25, -0.2) is 13.2 Å². The molecule has 14 aliphatic carbocycles. The Morgan fingerprint density at radius 3 is 0.971 bits per heavy atom. The number of alkyl halides is 16. The predicted octanol–water partition coefficient (Wildman–Crippen LogP) is 43.5. The van der Waals surface area contributed by atoms with Crippen molar-refractivity contribution in [3.05, 3.63) is 34.9 Å². The van der Waals surface area contributed by atoms with E-state index in [2.05, 4.69) is 163 Å². The van der Waals surface area contributed by atoms with Crippen molar-refractivity contribution in [3.8, 4) is 0 Å². The molecular weight excluding hydrogens is 1810 g/mol. The number of rotatable bonds is 7. The van der Waals surface area contributed by atoms with E-state index >= 15 is 0 Å². The van der Waals surface area contributed by atoms with Crippen LogP contribution in [0.1, 0.15) is 539 Å². The predicted molar refractivity (Wildman–Crippen MR) is 564 cm³/mol. The molecule has 3 nitrogen and oxygen atoms in total. The first kappa shape index (κ1) is 137. The number of carbonyl (C=O) groups excluding carboxylic acids is 2. The molecule has 826 valence electrons. The van der Waals surface area contributed by atoms with Crippen LogP contribution in [0.2, 0.25) is 0 Å². The maximum atomic E-state index is 12.4. The van der Waals surface area contributed by atoms with Gasteiger partial charge >= 0.3 is 36.1 Å². The molecule has 19 heteroatoms. The van der Waals surface area contributed by atoms with Gasteiger partial charge in [0.1, 0.15) is 12.0 Å². The second-order valence-electron chi connectivity index (χ2n) is 49.2. The summed E-state index contributed by atoms with van der Waals surface area (Å²) in [6.07, 6.45) is 63.6. The molecule has 0 radical (unpaired) electrons. The first-order chi connectivity index (χ1) is 64.4. The number of halogens is 16. The zero-order chi connectivity index (χ0) is 106. The molecule has 0 atom stereocenters. The van der Waals surface area contributed by atoms with Crippen molar-refractivity contribution < 1.29 is 80.2 Å². The molecule has 0 unspecified atom stereocenters. The SMILES string of the molecule is C=C1CCC(C)CC1.CC(=O)C1CCC(C)CC1.CC(C)=C1CCC(C)CC1.CC(F)(F)C(F)(F)C(F)(F)F.CC(F)(F)C(F)(F)F.CC1CCC(C(C)C)CC1.CC1CCC(C)(C)CC1.CC1CCC(Cl)CC1.CC1CCC(F)(F)CC1.CC1CCC(F)CC1.CC1CCC2(CC1)CC2.CC=C1CCC(C)CC1.CCC1CCC(C)CC1.CCCC1CCC(C)CC1.COC(=O)C1CCC(C)CC1. The standard InChI is InChI=1S/C10H20.C10H18.C10H20.C9H16O2.C9H16O.C9H16.2C9H18.C9H16.C8H14.C7H13Cl.C7H12F2.C7H13F.C4H3F7.C3H3F5/c2*1-8(2)10-6-4-9(3)5-7-10;1-3-4-10-7-5-9(2)6-8-10;1-7-3-5-8(6-4-7)9(10)11-2;1-7-3-5-9(6-4-7)8(2)10;1-8-2-4-9(5-3-8)6-7-9;1-8-4-6-9(2,3)7-5-8;2*1-3-9-6-4-8(2)5-7-9;1-7-3-5-8(2)6-4-7;1-6-2-4-7(8)5-3-6;1-6-2-4-7(8,9)5-3-6;1-6-2-4-7(8)5-3-6;1-2(5,6)3(7,8)4(9,10)11;1-2(4,5)3(6,7)8/h8-10H,4-7H2,1-3H3;9H,4-7H2,1-3H3;9-10H,3-8H2,1-2H3;7-8H,3-6H2,1-2H3;7,9H,3-6H2,1-2H3;8H,2-7H2,1H3;8H,4-7H2,1-3H3;8-9H,3-7H2,1-2H3;3,8H,4-7H2,1-2H3;8H,1,3-6H2,2H3;6-7H,2-5H2,1H3;6H,2-5H2,1H3;6-7H,2-5H2,1H3;1H3;1H3. The van der Waals surface area contributed by atoms with Gasteiger partial charge in [-0.3, -0.25) is 9.59 Å². The van der Waals surface area contributed by atoms with E-state index < -0.39 is 49.1 Å². The Morgan fingerprint density at radius 1 is 0.403 bits per heavy atom. The van der Waals surface area contributed by atoms with Gasteiger partial charge in [-0.05, 0) is 370 Å². The highest BCUT2D eigenvalue weighted by molar-refractivity contribution is 6.20. The van der Waals surface area contributed by atoms with Crippen LogP contribution in [0.4, 0.5) is 65.9 Å². The van der Waals surface area contributed by atoms with E-state index in [-0.39, 0.29) is 31.7 Å². The van der Waals surface area contributed by atoms with Gasteiger partial charge in [-0.15, -0.1) is 11.6 Å². The van der Waals surface area contributed by atoms with Crippen LogP contribution in [0, 0.1) is 123 Å². The zero-order valence-corrected chi connectivity index (χ0v) is 94.7. The minimum absolute atomic E-state index is 0.0168. The summed E-state index contributed by atoms with van der Waals surface area (Å²) in [7, 11) is 1.47. The van der Waals surface area contributed by atoms with Crippen molar-refractivity contribution in [1.82, 2.24) is 0 Å². The van der Waals surface area contributed by atoms with E-state index in [9.17, 15) is 75.4 Å². The van der Waals surface area contributed by atoms with Crippen LogP contribution >= 0.6 is 11.6 Å². The molecular formula is C120H216ClF15O3. The highest BCUT2D eigenvalue weighted by Crippen LogP contribution is 2.57. The van der Waals surface area contributed by atoms with Crippen LogP contribution in [-0.4, -0.2) is 66.5 Å². The minimum Gasteiger partial charge on any atom is -0.469 e. The van der Waals surface area contributed by atoms with E-state index in [4.69, 9.17) is 11.6 Å². The summed E-state index contributed by atoms with van der Waals surface area (Å²) < 4.78 is 176. The quantitative estimate of drug-likeness (QED) is 0.110. The number of ketones is 1. The Bertz CT molecular complexity index is 2940. The Morgan fingerprint density at radius 2 is 0.705 bits per heavy atom. The van der Waals surface area contributed by atoms with Gasteiger partial charge in [0.15, 0.2) is 0 Å². The Labute approximate surface area is 850 Å². The fourth-order valence-corrected chi connectivity index (χ4v) is 21.0. The number of ether oxygens (including phenoxy) is 1. The lowest BCUT2D eigenvalue weighted by Gasteiger charge is -2.32. The molecule has 0 aromatic heterocycles. The number of hydrogen-bond acceptors (Lipinski definition) is 3. The third-order valence-electron chi connectivity index (χ3n) is 33.8. The van der Waals surface area contributed by atoms with Gasteiger partial charge in [0.2, 0.25) is 5.92 Å². The average Bonchev–Trinajstić information content (AvgIpc) is 1.20. The van der Waals surface area contributed by atoms with Gasteiger partial charge in [-0.2, -0.15) is 52.7 Å². The molecule has 14 aliphatic rings. The smallest absolute Gasteiger partial charge is 0.459 e. The van der Waals surface area contributed by atoms with E-state index in [0.717, 1.165) is 151 Å². The molecule has 14 fully saturated rings. The van der Waals surface area contributed by atoms with Crippen LogP contribution in [0.5, 0.6) is 0 Å². The van der Waals surface area contributed by atoms with Gasteiger partial charge in [0.05, 0.1) is 13.0 Å². The van der Waals surface area contributed by atoms with E-state index in [1.807, 2.05) is 6.92 Å². The lowest BCUT2D eigenvalue weighted by molar-refractivity contribution is -0.349. The molecule has 0 N–H and O–H groups in total. The summed E-state index contributed by atoms with van der Waals surface area (Å²) in [5.74, 6) is -0.960. The molecule has 1 spiro atoms. The first-order valence-electron chi connectivity index (χ1n) is 56.9. The lowest BCUT2D eigenvalue weighted by atomic mass is 9.74. The molecule has 14 rings (SSSR count). The molecule has 0 aromatic carbocycles. The van der Waals surface area contributed by atoms with Crippen LogP contribution < -0.4 is 0 Å². The topological polar surface area (TPSA) is 43.4 Å². The van der Waals surface area contributed by atoms with Crippen LogP contribution in [0.15, 0.2) is 34.9 Å². The van der Waals surface area contributed by atoms with Crippen molar-refractivity contribution in [3.63, 3.8) is 0 Å². The number of allylic oxidation sites excluding steroid dienone is 5. The number of hydrogen-bond donors (Lipinski definition) is 0.